The summed E-state index contributed by atoms with van der Waals surface area (Å²) in [6.07, 6.45) is 3.93. The van der Waals surface area contributed by atoms with Crippen LogP contribution < -0.4 is 4.74 Å². The maximum Gasteiger partial charge on any atom is 0.125 e. The van der Waals surface area contributed by atoms with Crippen LogP contribution in [0, 0.1) is 5.82 Å². The molecule has 2 fully saturated rings. The lowest BCUT2D eigenvalue weighted by Gasteiger charge is -2.38. The fourth-order valence-electron chi connectivity index (χ4n) is 3.61. The normalized spacial score (nSPS) is 31.2. The molecule has 2 saturated heterocycles. The Balaban J connectivity index is 2.02. The number of hydrogen-bond donors (Lipinski definition) is 1. The van der Waals surface area contributed by atoms with Gasteiger partial charge in [-0.3, -0.25) is 4.90 Å². The summed E-state index contributed by atoms with van der Waals surface area (Å²) >= 11 is 0. The van der Waals surface area contributed by atoms with Crippen LogP contribution in [0.1, 0.15) is 31.2 Å². The van der Waals surface area contributed by atoms with Crippen molar-refractivity contribution in [1.82, 2.24) is 4.90 Å². The first-order chi connectivity index (χ1) is 9.15. The summed E-state index contributed by atoms with van der Waals surface area (Å²) in [7, 11) is 1.56. The number of fused-ring (bicyclic) bond motifs is 1. The maximum absolute atomic E-state index is 13.6. The zero-order valence-corrected chi connectivity index (χ0v) is 11.2. The first-order valence-corrected chi connectivity index (χ1v) is 6.95. The first kappa shape index (κ1) is 12.9. The van der Waals surface area contributed by atoms with E-state index in [1.807, 2.05) is 0 Å². The summed E-state index contributed by atoms with van der Waals surface area (Å²) in [5, 5.41) is 11.1. The Morgan fingerprint density at radius 3 is 3.00 bits per heavy atom. The number of ether oxygens (including phenoxy) is 1. The maximum atomic E-state index is 13.6. The molecule has 0 amide bonds. The number of nitrogens with zero attached hydrogens (tertiary/aromatic N) is 1. The van der Waals surface area contributed by atoms with Gasteiger partial charge in [-0.1, -0.05) is 6.42 Å². The lowest BCUT2D eigenvalue weighted by Crippen LogP contribution is -2.45. The summed E-state index contributed by atoms with van der Waals surface area (Å²) < 4.78 is 18.9. The number of rotatable bonds is 2. The molecular weight excluding hydrogens is 245 g/mol. The van der Waals surface area contributed by atoms with Crippen LogP contribution in [0.2, 0.25) is 0 Å². The van der Waals surface area contributed by atoms with Gasteiger partial charge in [0.1, 0.15) is 17.2 Å². The number of methoxy groups -OCH3 is 1. The minimum absolute atomic E-state index is 0.0944. The van der Waals surface area contributed by atoms with Crippen LogP contribution in [0.3, 0.4) is 0 Å². The van der Waals surface area contributed by atoms with Crippen molar-refractivity contribution in [2.75, 3.05) is 20.2 Å². The minimum Gasteiger partial charge on any atom is -0.496 e. The van der Waals surface area contributed by atoms with Crippen LogP contribution in [-0.2, 0) is 5.60 Å². The van der Waals surface area contributed by atoms with Crippen molar-refractivity contribution in [2.24, 2.45) is 0 Å². The van der Waals surface area contributed by atoms with Gasteiger partial charge in [0, 0.05) is 18.2 Å². The fourth-order valence-corrected chi connectivity index (χ4v) is 3.61. The Morgan fingerprint density at radius 2 is 2.21 bits per heavy atom. The van der Waals surface area contributed by atoms with Gasteiger partial charge in [-0.15, -0.1) is 0 Å². The molecule has 2 aliphatic rings. The van der Waals surface area contributed by atoms with E-state index in [-0.39, 0.29) is 11.9 Å². The Morgan fingerprint density at radius 1 is 1.37 bits per heavy atom. The molecule has 0 aliphatic carbocycles. The lowest BCUT2D eigenvalue weighted by molar-refractivity contribution is -0.0156. The van der Waals surface area contributed by atoms with E-state index in [1.54, 1.807) is 13.2 Å². The van der Waals surface area contributed by atoms with Crippen molar-refractivity contribution >= 4 is 0 Å². The molecule has 1 aromatic carbocycles. The average Bonchev–Trinajstić information content (AvgIpc) is 2.78. The second-order valence-corrected chi connectivity index (χ2v) is 5.57. The van der Waals surface area contributed by atoms with Gasteiger partial charge in [-0.25, -0.2) is 4.39 Å². The molecule has 0 saturated carbocycles. The molecule has 1 N–H and O–H groups in total. The highest BCUT2D eigenvalue weighted by Gasteiger charge is 2.49. The first-order valence-electron chi connectivity index (χ1n) is 6.95. The molecule has 2 unspecified atom stereocenters. The van der Waals surface area contributed by atoms with Crippen LogP contribution in [0.15, 0.2) is 18.2 Å². The van der Waals surface area contributed by atoms with E-state index in [4.69, 9.17) is 4.74 Å². The highest BCUT2D eigenvalue weighted by atomic mass is 19.1. The van der Waals surface area contributed by atoms with Gasteiger partial charge >= 0.3 is 0 Å². The van der Waals surface area contributed by atoms with E-state index in [1.165, 1.54) is 18.6 Å². The summed E-state index contributed by atoms with van der Waals surface area (Å²) in [5.74, 6) is 0.259. The molecule has 2 aliphatic heterocycles. The number of benzene rings is 1. The van der Waals surface area contributed by atoms with E-state index in [0.717, 1.165) is 25.9 Å². The molecule has 2 heterocycles. The van der Waals surface area contributed by atoms with Crippen molar-refractivity contribution in [1.29, 1.82) is 0 Å². The van der Waals surface area contributed by atoms with Crippen LogP contribution in [0.5, 0.6) is 5.75 Å². The molecule has 0 radical (unpaired) electrons. The topological polar surface area (TPSA) is 32.7 Å². The van der Waals surface area contributed by atoms with Crippen LogP contribution >= 0.6 is 0 Å². The molecule has 3 nitrogen and oxygen atoms in total. The third-order valence-corrected chi connectivity index (χ3v) is 4.57. The minimum atomic E-state index is -0.978. The van der Waals surface area contributed by atoms with Gasteiger partial charge in [0.2, 0.25) is 0 Å². The highest BCUT2D eigenvalue weighted by molar-refractivity contribution is 5.40. The van der Waals surface area contributed by atoms with Gasteiger partial charge < -0.3 is 9.84 Å². The number of aliphatic hydroxyl groups is 1. The van der Waals surface area contributed by atoms with E-state index in [9.17, 15) is 9.50 Å². The molecule has 2 atom stereocenters. The van der Waals surface area contributed by atoms with Crippen LogP contribution in [0.25, 0.3) is 0 Å². The Kier molecular flexibility index (Phi) is 3.23. The molecule has 0 aromatic heterocycles. The molecule has 4 heteroatoms. The van der Waals surface area contributed by atoms with E-state index in [0.29, 0.717) is 17.7 Å². The van der Waals surface area contributed by atoms with E-state index >= 15 is 0 Å². The standard InChI is InChI=1S/C15H20FNO2/c1-19-13-6-5-11(16)10-12(13)15(18)7-9-17-8-3-2-4-14(15)17/h5-6,10,14,18H,2-4,7-9H2,1H3. The average molecular weight is 265 g/mol. The molecule has 104 valence electrons. The lowest BCUT2D eigenvalue weighted by atomic mass is 9.82. The number of hydrogen-bond acceptors (Lipinski definition) is 3. The van der Waals surface area contributed by atoms with Gasteiger partial charge in [0.15, 0.2) is 0 Å². The van der Waals surface area contributed by atoms with Crippen LogP contribution in [-0.4, -0.2) is 36.2 Å². The Labute approximate surface area is 113 Å². The molecule has 0 spiro atoms. The predicted molar refractivity (Wildman–Crippen MR) is 70.7 cm³/mol. The van der Waals surface area contributed by atoms with Crippen molar-refractivity contribution in [3.63, 3.8) is 0 Å². The Bertz CT molecular complexity index is 479. The second-order valence-electron chi connectivity index (χ2n) is 5.57. The Hall–Kier alpha value is -1.13. The third-order valence-electron chi connectivity index (χ3n) is 4.57. The number of halogens is 1. The summed E-state index contributed by atoms with van der Waals surface area (Å²) in [6, 6.07) is 4.50. The highest BCUT2D eigenvalue weighted by Crippen LogP contribution is 2.45. The molecular formula is C15H20FNO2. The predicted octanol–water partition coefficient (Wildman–Crippen LogP) is 2.28. The second kappa shape index (κ2) is 4.76. The zero-order valence-electron chi connectivity index (χ0n) is 11.2. The quantitative estimate of drug-likeness (QED) is 0.890. The summed E-state index contributed by atoms with van der Waals surface area (Å²) in [6.45, 7) is 1.91. The van der Waals surface area contributed by atoms with Crippen molar-refractivity contribution in [3.05, 3.63) is 29.6 Å². The van der Waals surface area contributed by atoms with Gasteiger partial charge in [0.05, 0.1) is 7.11 Å². The smallest absolute Gasteiger partial charge is 0.125 e. The van der Waals surface area contributed by atoms with Gasteiger partial charge in [0.25, 0.3) is 0 Å². The monoisotopic (exact) mass is 265 g/mol. The zero-order chi connectivity index (χ0) is 13.5. The fraction of sp³-hybridized carbons (Fsp3) is 0.600. The third kappa shape index (κ3) is 2.03. The summed E-state index contributed by atoms with van der Waals surface area (Å²) in [5.41, 5.74) is -0.377. The molecule has 1 aromatic rings. The largest absolute Gasteiger partial charge is 0.496 e. The summed E-state index contributed by atoms with van der Waals surface area (Å²) in [4.78, 5) is 2.33. The van der Waals surface area contributed by atoms with Crippen molar-refractivity contribution < 1.29 is 14.2 Å². The van der Waals surface area contributed by atoms with E-state index < -0.39 is 5.60 Å². The molecule has 3 rings (SSSR count). The van der Waals surface area contributed by atoms with Crippen LogP contribution in [0.4, 0.5) is 4.39 Å². The van der Waals surface area contributed by atoms with E-state index in [2.05, 4.69) is 4.90 Å². The SMILES string of the molecule is COc1ccc(F)cc1C1(O)CCN2CCCCC21. The van der Waals surface area contributed by atoms with Crippen molar-refractivity contribution in [3.8, 4) is 5.75 Å². The molecule has 0 bridgehead atoms. The van der Waals surface area contributed by atoms with Gasteiger partial charge in [-0.05, 0) is 44.0 Å². The van der Waals surface area contributed by atoms with Crippen molar-refractivity contribution in [2.45, 2.75) is 37.3 Å². The van der Waals surface area contributed by atoms with Gasteiger partial charge in [-0.2, -0.15) is 0 Å². The number of piperidine rings is 1. The molecule has 19 heavy (non-hydrogen) atoms.